The van der Waals surface area contributed by atoms with Gasteiger partial charge in [0.15, 0.2) is 12.5 Å². The SMILES string of the molecule is c1ccc2c(c1)CC(N(c1cc3c4c(c1)N(c1cc5ccccc5o1)c1oc5ccccc5c1B4c1c(oc4ccccc14)N3c1cc3ccccc3o1)C1Cc3ccccc3O1)O2. The second kappa shape index (κ2) is 12.7. The number of fused-ring (bicyclic) bond motifs is 12. The van der Waals surface area contributed by atoms with Crippen molar-refractivity contribution in [2.45, 2.75) is 25.3 Å². The maximum atomic E-state index is 7.09. The van der Waals surface area contributed by atoms with Gasteiger partial charge >= 0.3 is 0 Å². The van der Waals surface area contributed by atoms with E-state index in [1.807, 2.05) is 72.8 Å². The summed E-state index contributed by atoms with van der Waals surface area (Å²) in [6.45, 7) is -0.301. The molecular weight excluding hydrogens is 797 g/mol. The van der Waals surface area contributed by atoms with E-state index in [0.717, 1.165) is 100.0 Å². The molecule has 0 fully saturated rings. The third-order valence-corrected chi connectivity index (χ3v) is 13.5. The minimum Gasteiger partial charge on any atom is -0.470 e. The van der Waals surface area contributed by atoms with Gasteiger partial charge in [-0.25, -0.2) is 0 Å². The summed E-state index contributed by atoms with van der Waals surface area (Å²) in [7, 11) is 0. The zero-order chi connectivity index (χ0) is 41.6. The molecule has 0 bridgehead atoms. The van der Waals surface area contributed by atoms with E-state index in [1.165, 1.54) is 0 Å². The first-order valence-corrected chi connectivity index (χ1v) is 21.8. The Labute approximate surface area is 365 Å². The van der Waals surface area contributed by atoms with Gasteiger partial charge in [-0.1, -0.05) is 109 Å². The summed E-state index contributed by atoms with van der Waals surface area (Å²) in [5.74, 6) is 4.40. The largest absolute Gasteiger partial charge is 0.470 e. The van der Waals surface area contributed by atoms with Crippen molar-refractivity contribution in [2.75, 3.05) is 14.7 Å². The summed E-state index contributed by atoms with van der Waals surface area (Å²) in [6.07, 6.45) is 0.577. The van der Waals surface area contributed by atoms with Crippen molar-refractivity contribution in [1.29, 1.82) is 0 Å². The predicted octanol–water partition coefficient (Wildman–Crippen LogP) is 11.5. The fourth-order valence-electron chi connectivity index (χ4n) is 10.8. The lowest BCUT2D eigenvalue weighted by Crippen LogP contribution is -2.61. The van der Waals surface area contributed by atoms with Gasteiger partial charge in [0.2, 0.25) is 23.5 Å². The minimum absolute atomic E-state index is 0.301. The Hall–Kier alpha value is -8.24. The van der Waals surface area contributed by atoms with E-state index < -0.39 is 0 Å². The van der Waals surface area contributed by atoms with Crippen LogP contribution >= 0.6 is 0 Å². The lowest BCUT2D eigenvalue weighted by atomic mass is 9.33. The number of rotatable bonds is 5. The van der Waals surface area contributed by atoms with Crippen LogP contribution in [-0.4, -0.2) is 19.2 Å². The number of hydrogen-bond acceptors (Lipinski definition) is 9. The van der Waals surface area contributed by atoms with E-state index in [4.69, 9.17) is 27.1 Å². The number of furan rings is 4. The van der Waals surface area contributed by atoms with E-state index in [2.05, 4.69) is 112 Å². The summed E-state index contributed by atoms with van der Waals surface area (Å²) < 4.78 is 41.7. The van der Waals surface area contributed by atoms with Crippen LogP contribution in [0.1, 0.15) is 11.1 Å². The maximum Gasteiger partial charge on any atom is 0.262 e. The van der Waals surface area contributed by atoms with Gasteiger partial charge in [0.05, 0.1) is 11.4 Å². The van der Waals surface area contributed by atoms with Crippen LogP contribution in [0.25, 0.3) is 43.9 Å². The molecule has 8 heterocycles. The summed E-state index contributed by atoms with van der Waals surface area (Å²) in [5.41, 5.74) is 11.3. The van der Waals surface area contributed by atoms with Gasteiger partial charge in [0.25, 0.3) is 6.71 Å². The van der Waals surface area contributed by atoms with E-state index in [9.17, 15) is 0 Å². The van der Waals surface area contributed by atoms with Crippen LogP contribution < -0.4 is 40.6 Å². The van der Waals surface area contributed by atoms with Crippen LogP contribution in [0.4, 0.5) is 40.6 Å². The number of nitrogens with zero attached hydrogens (tertiary/aromatic N) is 3. The van der Waals surface area contributed by atoms with Crippen LogP contribution in [0.2, 0.25) is 0 Å². The molecule has 15 rings (SSSR count). The first kappa shape index (κ1) is 34.4. The number of ether oxygens (including phenoxy) is 2. The fourth-order valence-corrected chi connectivity index (χ4v) is 10.8. The molecule has 4 aliphatic rings. The third kappa shape index (κ3) is 4.74. The van der Waals surface area contributed by atoms with Gasteiger partial charge in [-0.15, -0.1) is 0 Å². The predicted molar refractivity (Wildman–Crippen MR) is 251 cm³/mol. The van der Waals surface area contributed by atoms with Gasteiger partial charge in [-0.2, -0.15) is 0 Å². The second-order valence-corrected chi connectivity index (χ2v) is 17.1. The van der Waals surface area contributed by atoms with Crippen molar-refractivity contribution < 1.29 is 27.1 Å². The Morgan fingerprint density at radius 1 is 0.438 bits per heavy atom. The molecule has 304 valence electrons. The lowest BCUT2D eigenvalue weighted by molar-refractivity contribution is 0.141. The quantitative estimate of drug-likeness (QED) is 0.158. The van der Waals surface area contributed by atoms with Crippen LogP contribution in [0, 0.1) is 0 Å². The van der Waals surface area contributed by atoms with E-state index in [0.29, 0.717) is 36.4 Å². The molecule has 0 saturated heterocycles. The molecule has 7 aromatic carbocycles. The van der Waals surface area contributed by atoms with Gasteiger partial charge < -0.3 is 27.1 Å². The van der Waals surface area contributed by atoms with Crippen LogP contribution in [0.3, 0.4) is 0 Å². The zero-order valence-corrected chi connectivity index (χ0v) is 34.1. The summed E-state index contributed by atoms with van der Waals surface area (Å²) in [5, 5.41) is 4.03. The molecule has 2 unspecified atom stereocenters. The van der Waals surface area contributed by atoms with Crippen molar-refractivity contribution in [3.8, 4) is 11.5 Å². The van der Waals surface area contributed by atoms with Crippen LogP contribution in [0.15, 0.2) is 188 Å². The average molecular weight is 832 g/mol. The average Bonchev–Trinajstić information content (AvgIpc) is 4.19. The van der Waals surface area contributed by atoms with Crippen LogP contribution in [0.5, 0.6) is 11.5 Å². The molecule has 10 heteroatoms. The van der Waals surface area contributed by atoms with Gasteiger partial charge in [0, 0.05) is 63.1 Å². The number of benzene rings is 7. The Balaban J connectivity index is 1.06. The first-order valence-electron chi connectivity index (χ1n) is 21.8. The molecule has 0 saturated carbocycles. The molecular formula is C54H34BN3O6. The number of anilines is 7. The molecule has 0 amide bonds. The van der Waals surface area contributed by atoms with Crippen LogP contribution in [-0.2, 0) is 12.8 Å². The van der Waals surface area contributed by atoms with Gasteiger partial charge in [-0.3, -0.25) is 14.7 Å². The smallest absolute Gasteiger partial charge is 0.262 e. The highest BCUT2D eigenvalue weighted by molar-refractivity contribution is 7.02. The van der Waals surface area contributed by atoms with Gasteiger partial charge in [0.1, 0.15) is 33.8 Å². The second-order valence-electron chi connectivity index (χ2n) is 17.1. The maximum absolute atomic E-state index is 7.09. The molecule has 0 N–H and O–H groups in total. The summed E-state index contributed by atoms with van der Waals surface area (Å²) in [6, 6.07) is 58.3. The molecule has 0 radical (unpaired) electrons. The summed E-state index contributed by atoms with van der Waals surface area (Å²) >= 11 is 0. The molecule has 4 aliphatic heterocycles. The van der Waals surface area contributed by atoms with Gasteiger partial charge in [-0.05, 0) is 65.1 Å². The van der Waals surface area contributed by atoms with Crippen molar-refractivity contribution in [2.24, 2.45) is 0 Å². The number of hydrogen-bond donors (Lipinski definition) is 0. The van der Waals surface area contributed by atoms with Crippen molar-refractivity contribution >= 4 is 108 Å². The Kier molecular flexibility index (Phi) is 6.80. The minimum atomic E-state index is -0.382. The van der Waals surface area contributed by atoms with E-state index in [1.54, 1.807) is 0 Å². The Bertz CT molecular complexity index is 3380. The molecule has 4 aromatic heterocycles. The highest BCUT2D eigenvalue weighted by Gasteiger charge is 2.51. The van der Waals surface area contributed by atoms with Crippen molar-refractivity contribution in [1.82, 2.24) is 0 Å². The molecule has 2 atom stereocenters. The monoisotopic (exact) mass is 831 g/mol. The normalized spacial score (nSPS) is 16.8. The molecule has 0 spiro atoms. The molecule has 9 nitrogen and oxygen atoms in total. The fraction of sp³-hybridized carbons (Fsp3) is 0.0741. The summed E-state index contributed by atoms with van der Waals surface area (Å²) in [4.78, 5) is 6.66. The standard InChI is InChI=1S/C54H34BN3O6/c1-7-19-40-31(13-1)25-46(59-40)56(47-26-32-14-2-8-20-41(32)60-47)35-29-38-52-39(30-35)58(49-28-34-16-4-10-22-43(34)62-49)54-51(37-18-6-12-24-45(37)64-54)55(52)50-36-17-5-11-23-44(36)63-53(50)57(38)48-27-33-15-3-9-21-42(33)61-48/h1-24,27-30,46-47H,25-26H2. The highest BCUT2D eigenvalue weighted by Crippen LogP contribution is 2.51. The van der Waals surface area contributed by atoms with E-state index in [-0.39, 0.29) is 19.2 Å². The Morgan fingerprint density at radius 3 is 1.36 bits per heavy atom. The molecule has 0 aliphatic carbocycles. The lowest BCUT2D eigenvalue weighted by Gasteiger charge is -2.41. The molecule has 64 heavy (non-hydrogen) atoms. The molecule has 11 aromatic rings. The number of para-hydroxylation sites is 6. The Morgan fingerprint density at radius 2 is 0.875 bits per heavy atom. The van der Waals surface area contributed by atoms with E-state index >= 15 is 0 Å². The van der Waals surface area contributed by atoms with Crippen molar-refractivity contribution in [3.63, 3.8) is 0 Å². The zero-order valence-electron chi connectivity index (χ0n) is 34.1. The van der Waals surface area contributed by atoms with Crippen molar-refractivity contribution in [3.05, 3.63) is 181 Å². The first-order chi connectivity index (χ1) is 31.7. The highest BCUT2D eigenvalue weighted by atomic mass is 16.5. The third-order valence-electron chi connectivity index (χ3n) is 13.5. The topological polar surface area (TPSA) is 80.7 Å².